The van der Waals surface area contributed by atoms with Gasteiger partial charge in [-0.2, -0.15) is 4.98 Å². The summed E-state index contributed by atoms with van der Waals surface area (Å²) in [6.07, 6.45) is 5.28. The largest absolute Gasteiger partial charge is 0.363 e. The highest BCUT2D eigenvalue weighted by atomic mass is 79.9. The number of hydrogen-bond donors (Lipinski definition) is 2. The van der Waals surface area contributed by atoms with Gasteiger partial charge in [-0.25, -0.2) is 4.98 Å². The van der Waals surface area contributed by atoms with Gasteiger partial charge in [-0.1, -0.05) is 12.1 Å². The Morgan fingerprint density at radius 2 is 1.85 bits per heavy atom. The molecule has 0 radical (unpaired) electrons. The number of aromatic nitrogens is 4. The minimum atomic E-state index is 0.514. The molecule has 4 rings (SSSR count). The van der Waals surface area contributed by atoms with Gasteiger partial charge in [0.25, 0.3) is 0 Å². The van der Waals surface area contributed by atoms with E-state index in [-0.39, 0.29) is 0 Å². The second kappa shape index (κ2) is 7.45. The van der Waals surface area contributed by atoms with Gasteiger partial charge in [0.15, 0.2) is 0 Å². The van der Waals surface area contributed by atoms with Crippen molar-refractivity contribution in [1.29, 1.82) is 0 Å². The van der Waals surface area contributed by atoms with E-state index in [9.17, 15) is 0 Å². The maximum absolute atomic E-state index is 4.54. The van der Waals surface area contributed by atoms with Crippen LogP contribution in [0.3, 0.4) is 0 Å². The van der Waals surface area contributed by atoms with Crippen LogP contribution in [0.15, 0.2) is 71.6 Å². The molecule has 0 fully saturated rings. The zero-order chi connectivity index (χ0) is 17.8. The third-order valence-corrected chi connectivity index (χ3v) is 4.35. The molecule has 3 heterocycles. The maximum Gasteiger partial charge on any atom is 0.229 e. The number of nitrogens with one attached hydrogen (secondary N) is 2. The summed E-state index contributed by atoms with van der Waals surface area (Å²) in [5.41, 5.74) is 2.80. The Kier molecular flexibility index (Phi) is 4.70. The van der Waals surface area contributed by atoms with Gasteiger partial charge >= 0.3 is 0 Å². The van der Waals surface area contributed by atoms with Crippen LogP contribution in [-0.2, 0) is 6.54 Å². The van der Waals surface area contributed by atoms with Gasteiger partial charge in [-0.3, -0.25) is 9.97 Å². The molecule has 0 atom stereocenters. The van der Waals surface area contributed by atoms with Crippen LogP contribution in [-0.4, -0.2) is 19.9 Å². The SMILES string of the molecule is Brc1cnc(Nc2ccc3ncccc3c2)nc1NCc1ccccn1. The van der Waals surface area contributed by atoms with Crippen molar-refractivity contribution in [2.45, 2.75) is 6.54 Å². The summed E-state index contributed by atoms with van der Waals surface area (Å²) in [5, 5.41) is 7.57. The summed E-state index contributed by atoms with van der Waals surface area (Å²) in [4.78, 5) is 17.5. The summed E-state index contributed by atoms with van der Waals surface area (Å²) < 4.78 is 0.793. The van der Waals surface area contributed by atoms with Gasteiger partial charge in [0.1, 0.15) is 5.82 Å². The van der Waals surface area contributed by atoms with Crippen LogP contribution >= 0.6 is 15.9 Å². The van der Waals surface area contributed by atoms with Crippen molar-refractivity contribution in [1.82, 2.24) is 19.9 Å². The van der Waals surface area contributed by atoms with Crippen molar-refractivity contribution < 1.29 is 0 Å². The Bertz CT molecular complexity index is 1040. The highest BCUT2D eigenvalue weighted by Gasteiger charge is 2.06. The van der Waals surface area contributed by atoms with E-state index < -0.39 is 0 Å². The maximum atomic E-state index is 4.54. The summed E-state index contributed by atoms with van der Waals surface area (Å²) >= 11 is 3.48. The molecule has 3 aromatic heterocycles. The molecule has 0 amide bonds. The molecule has 128 valence electrons. The third-order valence-electron chi connectivity index (χ3n) is 3.77. The summed E-state index contributed by atoms with van der Waals surface area (Å²) in [7, 11) is 0. The standard InChI is InChI=1S/C19H15BrN6/c20-16-12-24-19(26-18(16)23-11-15-5-1-2-8-21-15)25-14-6-7-17-13(10-14)4-3-9-22-17/h1-10,12H,11H2,(H2,23,24,25,26). The second-order valence-corrected chi connectivity index (χ2v) is 6.46. The molecule has 6 nitrogen and oxygen atoms in total. The van der Waals surface area contributed by atoms with E-state index in [0.29, 0.717) is 18.3 Å². The number of hydrogen-bond acceptors (Lipinski definition) is 6. The highest BCUT2D eigenvalue weighted by molar-refractivity contribution is 9.10. The van der Waals surface area contributed by atoms with Gasteiger partial charge in [-0.15, -0.1) is 0 Å². The van der Waals surface area contributed by atoms with Crippen molar-refractivity contribution in [3.05, 3.63) is 77.3 Å². The number of fused-ring (bicyclic) bond motifs is 1. The lowest BCUT2D eigenvalue weighted by Gasteiger charge is -2.10. The molecule has 7 heteroatoms. The van der Waals surface area contributed by atoms with E-state index in [2.05, 4.69) is 46.5 Å². The number of pyridine rings is 2. The van der Waals surface area contributed by atoms with Crippen LogP contribution in [0.1, 0.15) is 5.69 Å². The zero-order valence-electron chi connectivity index (χ0n) is 13.7. The van der Waals surface area contributed by atoms with Crippen LogP contribution in [0.5, 0.6) is 0 Å². The molecule has 0 saturated carbocycles. The Hall–Kier alpha value is -3.06. The van der Waals surface area contributed by atoms with Crippen LogP contribution in [0.25, 0.3) is 10.9 Å². The van der Waals surface area contributed by atoms with Crippen molar-refractivity contribution in [3.63, 3.8) is 0 Å². The molecule has 0 aliphatic rings. The molecule has 1 aromatic carbocycles. The number of rotatable bonds is 5. The molecule has 2 N–H and O–H groups in total. The first kappa shape index (κ1) is 16.4. The molecular formula is C19H15BrN6. The average Bonchev–Trinajstić information content (AvgIpc) is 2.69. The molecule has 0 aliphatic carbocycles. The van der Waals surface area contributed by atoms with Crippen LogP contribution < -0.4 is 10.6 Å². The van der Waals surface area contributed by atoms with Crippen molar-refractivity contribution in [2.24, 2.45) is 0 Å². The lowest BCUT2D eigenvalue weighted by atomic mass is 10.2. The van der Waals surface area contributed by atoms with Crippen molar-refractivity contribution >= 4 is 44.3 Å². The fourth-order valence-electron chi connectivity index (χ4n) is 2.51. The van der Waals surface area contributed by atoms with E-state index in [0.717, 1.165) is 26.8 Å². The molecule has 0 bridgehead atoms. The lowest BCUT2D eigenvalue weighted by Crippen LogP contribution is -2.06. The summed E-state index contributed by atoms with van der Waals surface area (Å²) in [6, 6.07) is 15.7. The molecule has 0 aliphatic heterocycles. The first-order chi connectivity index (χ1) is 12.8. The fourth-order valence-corrected chi connectivity index (χ4v) is 2.84. The Morgan fingerprint density at radius 3 is 2.73 bits per heavy atom. The quantitative estimate of drug-likeness (QED) is 0.506. The normalized spacial score (nSPS) is 10.7. The van der Waals surface area contributed by atoms with Gasteiger partial charge < -0.3 is 10.6 Å². The van der Waals surface area contributed by atoms with E-state index in [4.69, 9.17) is 0 Å². The third kappa shape index (κ3) is 3.78. The van der Waals surface area contributed by atoms with E-state index >= 15 is 0 Å². The van der Waals surface area contributed by atoms with E-state index in [1.807, 2.05) is 48.5 Å². The second-order valence-electron chi connectivity index (χ2n) is 5.60. The number of halogens is 1. The molecule has 0 unspecified atom stereocenters. The number of benzene rings is 1. The van der Waals surface area contributed by atoms with Gasteiger partial charge in [0, 0.05) is 29.7 Å². The minimum absolute atomic E-state index is 0.514. The van der Waals surface area contributed by atoms with Crippen LogP contribution in [0.2, 0.25) is 0 Å². The Labute approximate surface area is 158 Å². The molecule has 26 heavy (non-hydrogen) atoms. The summed E-state index contributed by atoms with van der Waals surface area (Å²) in [5.74, 6) is 1.22. The van der Waals surface area contributed by atoms with Crippen LogP contribution in [0.4, 0.5) is 17.5 Å². The Balaban J connectivity index is 1.53. The average molecular weight is 407 g/mol. The number of nitrogens with zero attached hydrogens (tertiary/aromatic N) is 4. The van der Waals surface area contributed by atoms with Crippen LogP contribution in [0, 0.1) is 0 Å². The van der Waals surface area contributed by atoms with Crippen molar-refractivity contribution in [2.75, 3.05) is 10.6 Å². The van der Waals surface area contributed by atoms with Gasteiger partial charge in [0.2, 0.25) is 5.95 Å². The predicted molar refractivity (Wildman–Crippen MR) is 106 cm³/mol. The predicted octanol–water partition coefficient (Wildman–Crippen LogP) is 4.54. The van der Waals surface area contributed by atoms with E-state index in [1.54, 1.807) is 18.6 Å². The zero-order valence-corrected chi connectivity index (χ0v) is 15.3. The first-order valence-corrected chi connectivity index (χ1v) is 8.85. The van der Waals surface area contributed by atoms with Crippen molar-refractivity contribution in [3.8, 4) is 0 Å². The minimum Gasteiger partial charge on any atom is -0.363 e. The number of anilines is 3. The first-order valence-electron chi connectivity index (χ1n) is 8.06. The monoisotopic (exact) mass is 406 g/mol. The van der Waals surface area contributed by atoms with Gasteiger partial charge in [0.05, 0.1) is 22.2 Å². The lowest BCUT2D eigenvalue weighted by molar-refractivity contribution is 1.02. The molecule has 0 saturated heterocycles. The van der Waals surface area contributed by atoms with Gasteiger partial charge in [-0.05, 0) is 52.3 Å². The molecular weight excluding hydrogens is 392 g/mol. The molecule has 4 aromatic rings. The Morgan fingerprint density at radius 1 is 0.923 bits per heavy atom. The smallest absolute Gasteiger partial charge is 0.229 e. The highest BCUT2D eigenvalue weighted by Crippen LogP contribution is 2.24. The fraction of sp³-hybridized carbons (Fsp3) is 0.0526. The molecule has 0 spiro atoms. The van der Waals surface area contributed by atoms with E-state index in [1.165, 1.54) is 0 Å². The topological polar surface area (TPSA) is 75.6 Å². The summed E-state index contributed by atoms with van der Waals surface area (Å²) in [6.45, 7) is 0.581.